The van der Waals surface area contributed by atoms with Crippen LogP contribution < -0.4 is 5.73 Å². The number of hydrogen-bond acceptors (Lipinski definition) is 3. The van der Waals surface area contributed by atoms with E-state index in [-0.39, 0.29) is 0 Å². The predicted molar refractivity (Wildman–Crippen MR) is 59.4 cm³/mol. The molecule has 0 aromatic carbocycles. The number of rotatable bonds is 3. The quantitative estimate of drug-likeness (QED) is 0.798. The third-order valence-corrected chi connectivity index (χ3v) is 3.49. The highest BCUT2D eigenvalue weighted by Gasteiger charge is 2.26. The van der Waals surface area contributed by atoms with E-state index in [4.69, 9.17) is 5.73 Å². The molecule has 0 saturated heterocycles. The first-order valence-electron chi connectivity index (χ1n) is 5.85. The van der Waals surface area contributed by atoms with Crippen LogP contribution in [0, 0.1) is 0 Å². The third-order valence-electron chi connectivity index (χ3n) is 3.49. The van der Waals surface area contributed by atoms with Gasteiger partial charge in [-0.25, -0.2) is 4.98 Å². The average Bonchev–Trinajstić information content (AvgIpc) is 2.88. The van der Waals surface area contributed by atoms with Crippen LogP contribution in [0.1, 0.15) is 63.5 Å². The Morgan fingerprint density at radius 1 is 1.47 bits per heavy atom. The number of nitrogens with zero attached hydrogens (tertiary/aromatic N) is 2. The summed E-state index contributed by atoms with van der Waals surface area (Å²) in [7, 11) is 0. The summed E-state index contributed by atoms with van der Waals surface area (Å²) >= 11 is 0. The summed E-state index contributed by atoms with van der Waals surface area (Å²) in [5, 5.41) is 7.29. The zero-order valence-corrected chi connectivity index (χ0v) is 9.58. The van der Waals surface area contributed by atoms with Gasteiger partial charge < -0.3 is 5.73 Å². The lowest BCUT2D eigenvalue weighted by Crippen LogP contribution is -2.33. The maximum absolute atomic E-state index is 6.10. The van der Waals surface area contributed by atoms with Crippen LogP contribution in [-0.4, -0.2) is 15.2 Å². The van der Waals surface area contributed by atoms with Crippen LogP contribution in [0.3, 0.4) is 0 Å². The number of hydrogen-bond donors (Lipinski definition) is 2. The minimum atomic E-state index is -0.395. The Bertz CT molecular complexity index is 323. The van der Waals surface area contributed by atoms with Gasteiger partial charge in [0.1, 0.15) is 5.82 Å². The minimum absolute atomic E-state index is 0.395. The van der Waals surface area contributed by atoms with Gasteiger partial charge in [-0.3, -0.25) is 5.10 Å². The molecule has 3 N–H and O–H groups in total. The third kappa shape index (κ3) is 2.04. The summed E-state index contributed by atoms with van der Waals surface area (Å²) < 4.78 is 0. The molecule has 1 fully saturated rings. The Kier molecular flexibility index (Phi) is 2.78. The molecule has 0 radical (unpaired) electrons. The van der Waals surface area contributed by atoms with E-state index < -0.39 is 5.54 Å². The molecule has 1 saturated carbocycles. The maximum Gasteiger partial charge on any atom is 0.170 e. The van der Waals surface area contributed by atoms with Crippen molar-refractivity contribution in [3.8, 4) is 0 Å². The summed E-state index contributed by atoms with van der Waals surface area (Å²) in [5.41, 5.74) is 5.71. The van der Waals surface area contributed by atoms with Crippen molar-refractivity contribution in [2.75, 3.05) is 0 Å². The van der Waals surface area contributed by atoms with Gasteiger partial charge in [0.15, 0.2) is 5.82 Å². The molecular formula is C11H20N4. The fourth-order valence-electron chi connectivity index (χ4n) is 2.07. The first kappa shape index (κ1) is 10.6. The Labute approximate surface area is 90.7 Å². The van der Waals surface area contributed by atoms with Crippen molar-refractivity contribution in [1.29, 1.82) is 0 Å². The molecule has 1 aliphatic rings. The molecule has 0 spiro atoms. The van der Waals surface area contributed by atoms with Gasteiger partial charge in [0.25, 0.3) is 0 Å². The molecule has 1 heterocycles. The van der Waals surface area contributed by atoms with Crippen LogP contribution in [0.15, 0.2) is 0 Å². The van der Waals surface area contributed by atoms with Gasteiger partial charge in [0.2, 0.25) is 0 Å². The van der Waals surface area contributed by atoms with Crippen LogP contribution in [0.5, 0.6) is 0 Å². The number of aromatic nitrogens is 3. The fourth-order valence-corrected chi connectivity index (χ4v) is 2.07. The Balaban J connectivity index is 2.16. The fraction of sp³-hybridized carbons (Fsp3) is 0.818. The highest BCUT2D eigenvalue weighted by Crippen LogP contribution is 2.32. The van der Waals surface area contributed by atoms with Gasteiger partial charge in [-0.1, -0.05) is 19.8 Å². The van der Waals surface area contributed by atoms with Crippen molar-refractivity contribution < 1.29 is 0 Å². The summed E-state index contributed by atoms with van der Waals surface area (Å²) in [6.07, 6.45) is 5.96. The smallest absolute Gasteiger partial charge is 0.170 e. The number of nitrogens with one attached hydrogen (secondary N) is 1. The number of H-pyrrole nitrogens is 1. The van der Waals surface area contributed by atoms with Crippen molar-refractivity contribution in [2.24, 2.45) is 5.73 Å². The lowest BCUT2D eigenvalue weighted by Gasteiger charge is -2.17. The van der Waals surface area contributed by atoms with Crippen LogP contribution in [0.4, 0.5) is 0 Å². The second kappa shape index (κ2) is 3.93. The van der Waals surface area contributed by atoms with Crippen molar-refractivity contribution in [3.63, 3.8) is 0 Å². The molecule has 0 aliphatic heterocycles. The van der Waals surface area contributed by atoms with Gasteiger partial charge in [-0.2, -0.15) is 5.10 Å². The van der Waals surface area contributed by atoms with Gasteiger partial charge in [-0.05, 0) is 26.2 Å². The molecule has 1 atom stereocenters. The van der Waals surface area contributed by atoms with Crippen LogP contribution in [0.2, 0.25) is 0 Å². The SMILES string of the molecule is CCC(C)(N)c1n[nH]c(C2CCCC2)n1. The Hall–Kier alpha value is -0.900. The molecule has 84 valence electrons. The van der Waals surface area contributed by atoms with Crippen LogP contribution in [-0.2, 0) is 5.54 Å². The van der Waals surface area contributed by atoms with Gasteiger partial charge >= 0.3 is 0 Å². The van der Waals surface area contributed by atoms with E-state index in [1.165, 1.54) is 25.7 Å². The lowest BCUT2D eigenvalue weighted by molar-refractivity contribution is 0.446. The highest BCUT2D eigenvalue weighted by atomic mass is 15.2. The van der Waals surface area contributed by atoms with E-state index in [9.17, 15) is 0 Å². The van der Waals surface area contributed by atoms with E-state index in [2.05, 4.69) is 22.1 Å². The number of aromatic amines is 1. The summed E-state index contributed by atoms with van der Waals surface area (Å²) in [6, 6.07) is 0. The van der Waals surface area contributed by atoms with Crippen molar-refractivity contribution >= 4 is 0 Å². The first-order valence-corrected chi connectivity index (χ1v) is 5.85. The lowest BCUT2D eigenvalue weighted by atomic mass is 10.00. The maximum atomic E-state index is 6.10. The normalized spacial score (nSPS) is 21.8. The molecule has 4 heteroatoms. The summed E-state index contributed by atoms with van der Waals surface area (Å²) in [6.45, 7) is 4.04. The largest absolute Gasteiger partial charge is 0.319 e. The Morgan fingerprint density at radius 3 is 2.73 bits per heavy atom. The number of nitrogens with two attached hydrogens (primary N) is 1. The van der Waals surface area contributed by atoms with Gasteiger partial charge in [0.05, 0.1) is 5.54 Å². The standard InChI is InChI=1S/C11H20N4/c1-3-11(2,12)10-13-9(14-15-10)8-6-4-5-7-8/h8H,3-7,12H2,1-2H3,(H,13,14,15). The second-order valence-corrected chi connectivity index (χ2v) is 4.80. The van der Waals surface area contributed by atoms with Crippen LogP contribution >= 0.6 is 0 Å². The minimum Gasteiger partial charge on any atom is -0.319 e. The molecule has 1 aromatic rings. The molecule has 0 amide bonds. The van der Waals surface area contributed by atoms with E-state index >= 15 is 0 Å². The molecule has 1 aromatic heterocycles. The highest BCUT2D eigenvalue weighted by molar-refractivity contribution is 5.06. The zero-order chi connectivity index (χ0) is 10.9. The van der Waals surface area contributed by atoms with E-state index in [1.807, 2.05) is 6.92 Å². The average molecular weight is 208 g/mol. The van der Waals surface area contributed by atoms with E-state index in [0.29, 0.717) is 5.92 Å². The molecule has 1 unspecified atom stereocenters. The molecule has 2 rings (SSSR count). The van der Waals surface area contributed by atoms with Crippen molar-refractivity contribution in [1.82, 2.24) is 15.2 Å². The molecule has 4 nitrogen and oxygen atoms in total. The molecule has 0 bridgehead atoms. The summed E-state index contributed by atoms with van der Waals surface area (Å²) in [5.74, 6) is 2.37. The zero-order valence-electron chi connectivity index (χ0n) is 9.58. The second-order valence-electron chi connectivity index (χ2n) is 4.80. The summed E-state index contributed by atoms with van der Waals surface area (Å²) in [4.78, 5) is 4.54. The van der Waals surface area contributed by atoms with E-state index in [0.717, 1.165) is 18.1 Å². The predicted octanol–water partition coefficient (Wildman–Crippen LogP) is 2.05. The van der Waals surface area contributed by atoms with E-state index in [1.54, 1.807) is 0 Å². The first-order chi connectivity index (χ1) is 7.13. The monoisotopic (exact) mass is 208 g/mol. The Morgan fingerprint density at radius 2 is 2.13 bits per heavy atom. The van der Waals surface area contributed by atoms with Gasteiger partial charge in [-0.15, -0.1) is 0 Å². The topological polar surface area (TPSA) is 67.6 Å². The molecule has 15 heavy (non-hydrogen) atoms. The molecule has 1 aliphatic carbocycles. The molecular weight excluding hydrogens is 188 g/mol. The van der Waals surface area contributed by atoms with Crippen LogP contribution in [0.25, 0.3) is 0 Å². The van der Waals surface area contributed by atoms with Gasteiger partial charge in [0, 0.05) is 5.92 Å². The van der Waals surface area contributed by atoms with Crippen molar-refractivity contribution in [2.45, 2.75) is 57.4 Å². The van der Waals surface area contributed by atoms with Crippen molar-refractivity contribution in [3.05, 3.63) is 11.6 Å².